The topological polar surface area (TPSA) is 18.5 Å². The predicted molar refractivity (Wildman–Crippen MR) is 130 cm³/mol. The first-order valence-corrected chi connectivity index (χ1v) is 10.8. The summed E-state index contributed by atoms with van der Waals surface area (Å²) in [6, 6.07) is 21.8. The number of rotatable bonds is 7. The van der Waals surface area contributed by atoms with Gasteiger partial charge in [0.1, 0.15) is 17.3 Å². The maximum Gasteiger partial charge on any atom is 0.167 e. The van der Waals surface area contributed by atoms with Crippen LogP contribution in [-0.4, -0.2) is 13.7 Å². The fourth-order valence-electron chi connectivity index (χ4n) is 3.63. The van der Waals surface area contributed by atoms with Gasteiger partial charge in [0.2, 0.25) is 0 Å². The monoisotopic (exact) mass is 460 g/mol. The molecule has 0 aromatic heterocycles. The molecule has 4 aromatic carbocycles. The number of hydrogen-bond acceptors (Lipinski definition) is 2. The summed E-state index contributed by atoms with van der Waals surface area (Å²) in [6.07, 6.45) is 3.20. The highest BCUT2D eigenvalue weighted by Gasteiger charge is 2.13. The van der Waals surface area contributed by atoms with Crippen molar-refractivity contribution in [2.45, 2.75) is 6.92 Å². The molecule has 0 heterocycles. The average Bonchev–Trinajstić information content (AvgIpc) is 2.86. The van der Waals surface area contributed by atoms with Gasteiger partial charge in [0, 0.05) is 22.8 Å². The number of methoxy groups -OCH3 is 1. The molecule has 0 atom stereocenters. The Bertz CT molecular complexity index is 1310. The molecule has 0 aliphatic rings. The van der Waals surface area contributed by atoms with E-state index in [9.17, 15) is 13.2 Å². The third-order valence-corrected chi connectivity index (χ3v) is 5.44. The van der Waals surface area contributed by atoms with Crippen LogP contribution in [0.3, 0.4) is 0 Å². The summed E-state index contributed by atoms with van der Waals surface area (Å²) in [6.45, 7) is 2.31. The van der Waals surface area contributed by atoms with E-state index in [0.29, 0.717) is 34.8 Å². The largest absolute Gasteiger partial charge is 0.497 e. The van der Waals surface area contributed by atoms with E-state index < -0.39 is 11.6 Å². The van der Waals surface area contributed by atoms with E-state index >= 15 is 0 Å². The Morgan fingerprint density at radius 3 is 1.94 bits per heavy atom. The molecule has 34 heavy (non-hydrogen) atoms. The van der Waals surface area contributed by atoms with Gasteiger partial charge in [0.05, 0.1) is 13.7 Å². The first-order chi connectivity index (χ1) is 16.5. The summed E-state index contributed by atoms with van der Waals surface area (Å²) in [5, 5.41) is 0. The zero-order valence-corrected chi connectivity index (χ0v) is 18.8. The fraction of sp³-hybridized carbons (Fsp3) is 0.103. The van der Waals surface area contributed by atoms with E-state index in [1.807, 2.05) is 6.92 Å². The maximum atomic E-state index is 14.7. The SMILES string of the molecule is CCOc1ccc(-c2ccc(/C=C/c3ccc(-c4ccc(OC)cc4)c(F)c3F)cc2)c(F)c1. The molecule has 2 nitrogen and oxygen atoms in total. The van der Waals surface area contributed by atoms with Crippen LogP contribution in [0.4, 0.5) is 13.2 Å². The fourth-order valence-corrected chi connectivity index (χ4v) is 3.63. The molecule has 0 saturated heterocycles. The van der Waals surface area contributed by atoms with Crippen LogP contribution in [0.1, 0.15) is 18.1 Å². The van der Waals surface area contributed by atoms with Crippen LogP contribution >= 0.6 is 0 Å². The molecule has 0 unspecified atom stereocenters. The van der Waals surface area contributed by atoms with Crippen LogP contribution in [0.2, 0.25) is 0 Å². The van der Waals surface area contributed by atoms with Gasteiger partial charge in [-0.05, 0) is 47.9 Å². The lowest BCUT2D eigenvalue weighted by Gasteiger charge is -2.08. The second kappa shape index (κ2) is 10.3. The minimum absolute atomic E-state index is 0.136. The lowest BCUT2D eigenvalue weighted by molar-refractivity contribution is 0.338. The van der Waals surface area contributed by atoms with Crippen molar-refractivity contribution in [1.29, 1.82) is 0 Å². The molecule has 0 amide bonds. The maximum absolute atomic E-state index is 14.7. The van der Waals surface area contributed by atoms with Gasteiger partial charge in [-0.25, -0.2) is 13.2 Å². The highest BCUT2D eigenvalue weighted by Crippen LogP contribution is 2.30. The van der Waals surface area contributed by atoms with Gasteiger partial charge in [0.25, 0.3) is 0 Å². The van der Waals surface area contributed by atoms with Crippen molar-refractivity contribution in [3.05, 3.63) is 107 Å². The van der Waals surface area contributed by atoms with Crippen molar-refractivity contribution in [2.24, 2.45) is 0 Å². The van der Waals surface area contributed by atoms with Crippen molar-refractivity contribution in [2.75, 3.05) is 13.7 Å². The number of halogens is 3. The Kier molecular flexibility index (Phi) is 7.02. The zero-order chi connectivity index (χ0) is 24.1. The van der Waals surface area contributed by atoms with E-state index in [0.717, 1.165) is 5.56 Å². The normalized spacial score (nSPS) is 11.1. The molecule has 0 aliphatic heterocycles. The van der Waals surface area contributed by atoms with Gasteiger partial charge in [-0.2, -0.15) is 0 Å². The van der Waals surface area contributed by atoms with E-state index in [1.54, 1.807) is 79.9 Å². The van der Waals surface area contributed by atoms with Crippen LogP contribution in [-0.2, 0) is 0 Å². The van der Waals surface area contributed by atoms with Crippen LogP contribution < -0.4 is 9.47 Å². The van der Waals surface area contributed by atoms with Gasteiger partial charge in [0.15, 0.2) is 11.6 Å². The first-order valence-electron chi connectivity index (χ1n) is 10.8. The summed E-state index contributed by atoms with van der Waals surface area (Å²) < 4.78 is 54.3. The Morgan fingerprint density at radius 1 is 0.676 bits per heavy atom. The van der Waals surface area contributed by atoms with Crippen LogP contribution in [0.15, 0.2) is 78.9 Å². The summed E-state index contributed by atoms with van der Waals surface area (Å²) >= 11 is 0. The molecule has 0 bridgehead atoms. The van der Waals surface area contributed by atoms with Gasteiger partial charge in [-0.3, -0.25) is 0 Å². The third-order valence-electron chi connectivity index (χ3n) is 5.44. The van der Waals surface area contributed by atoms with Gasteiger partial charge in [-0.15, -0.1) is 0 Å². The van der Waals surface area contributed by atoms with E-state index in [2.05, 4.69) is 0 Å². The molecule has 0 saturated carbocycles. The van der Waals surface area contributed by atoms with E-state index in [1.165, 1.54) is 18.2 Å². The minimum atomic E-state index is -0.919. The number of hydrogen-bond donors (Lipinski definition) is 0. The predicted octanol–water partition coefficient (Wildman–Crippen LogP) is 8.02. The highest BCUT2D eigenvalue weighted by atomic mass is 19.2. The molecule has 172 valence electrons. The minimum Gasteiger partial charge on any atom is -0.497 e. The van der Waals surface area contributed by atoms with Crippen molar-refractivity contribution in [3.8, 4) is 33.8 Å². The molecule has 0 spiro atoms. The standard InChI is InChI=1S/C29H23F3O2/c1-3-34-24-15-17-25(27(30)18-24)20-7-4-19(5-8-20)6-9-22-12-16-26(29(32)28(22)31)21-10-13-23(33-2)14-11-21/h4-18H,3H2,1-2H3/b9-6+. The second-order valence-corrected chi connectivity index (χ2v) is 7.59. The second-order valence-electron chi connectivity index (χ2n) is 7.59. The number of ether oxygens (including phenoxy) is 2. The quantitative estimate of drug-likeness (QED) is 0.260. The Balaban J connectivity index is 1.53. The van der Waals surface area contributed by atoms with E-state index in [4.69, 9.17) is 9.47 Å². The number of benzene rings is 4. The zero-order valence-electron chi connectivity index (χ0n) is 18.8. The van der Waals surface area contributed by atoms with Crippen LogP contribution in [0.5, 0.6) is 11.5 Å². The Morgan fingerprint density at radius 2 is 1.29 bits per heavy atom. The smallest absolute Gasteiger partial charge is 0.167 e. The molecular weight excluding hydrogens is 437 g/mol. The van der Waals surface area contributed by atoms with Crippen LogP contribution in [0.25, 0.3) is 34.4 Å². The molecule has 0 N–H and O–H groups in total. The molecule has 0 fully saturated rings. The van der Waals surface area contributed by atoms with Gasteiger partial charge >= 0.3 is 0 Å². The molecule has 0 radical (unpaired) electrons. The Hall–Kier alpha value is -3.99. The van der Waals surface area contributed by atoms with Crippen LogP contribution in [0, 0.1) is 17.5 Å². The van der Waals surface area contributed by atoms with Crippen molar-refractivity contribution < 1.29 is 22.6 Å². The van der Waals surface area contributed by atoms with Gasteiger partial charge < -0.3 is 9.47 Å². The van der Waals surface area contributed by atoms with Crippen molar-refractivity contribution in [3.63, 3.8) is 0 Å². The molecule has 4 rings (SSSR count). The third kappa shape index (κ3) is 4.99. The Labute approximate surface area is 196 Å². The molecular formula is C29H23F3O2. The lowest BCUT2D eigenvalue weighted by Crippen LogP contribution is -1.93. The average molecular weight is 460 g/mol. The van der Waals surface area contributed by atoms with Gasteiger partial charge in [-0.1, -0.05) is 60.7 Å². The van der Waals surface area contributed by atoms with Crippen molar-refractivity contribution in [1.82, 2.24) is 0 Å². The summed E-state index contributed by atoms with van der Waals surface area (Å²) in [5.41, 5.74) is 2.81. The molecule has 4 aromatic rings. The lowest BCUT2D eigenvalue weighted by atomic mass is 10.0. The molecule has 0 aliphatic carbocycles. The summed E-state index contributed by atoms with van der Waals surface area (Å²) in [4.78, 5) is 0. The summed E-state index contributed by atoms with van der Waals surface area (Å²) in [5.74, 6) is -1.08. The molecule has 5 heteroatoms. The first kappa shape index (κ1) is 23.2. The summed E-state index contributed by atoms with van der Waals surface area (Å²) in [7, 11) is 1.54. The van der Waals surface area contributed by atoms with E-state index in [-0.39, 0.29) is 16.9 Å². The van der Waals surface area contributed by atoms with Crippen molar-refractivity contribution >= 4 is 12.2 Å². The highest BCUT2D eigenvalue weighted by molar-refractivity contribution is 5.74.